The summed E-state index contributed by atoms with van der Waals surface area (Å²) in [7, 11) is 0. The fourth-order valence-corrected chi connectivity index (χ4v) is 2.82. The Bertz CT molecular complexity index is 862. The Balaban J connectivity index is 1.69. The molecule has 0 saturated heterocycles. The van der Waals surface area contributed by atoms with Crippen molar-refractivity contribution in [3.05, 3.63) is 71.8 Å². The van der Waals surface area contributed by atoms with Crippen molar-refractivity contribution < 1.29 is 0 Å². The molecule has 6 nitrogen and oxygen atoms in total. The minimum absolute atomic E-state index is 0.481. The predicted molar refractivity (Wildman–Crippen MR) is 105 cm³/mol. The number of nitrogens with zero attached hydrogens (tertiary/aromatic N) is 2. The molecular formula is C20H22N6. The number of benzene rings is 2. The van der Waals surface area contributed by atoms with E-state index in [2.05, 4.69) is 33.2 Å². The van der Waals surface area contributed by atoms with Crippen molar-refractivity contribution in [2.45, 2.75) is 25.3 Å². The normalized spacial score (nSPS) is 13.3. The first-order valence-corrected chi connectivity index (χ1v) is 8.82. The number of para-hydroxylation sites is 1. The van der Waals surface area contributed by atoms with E-state index < -0.39 is 0 Å². The molecule has 3 aromatic rings. The fraction of sp³-hybridized carbons (Fsp3) is 0.200. The lowest BCUT2D eigenvalue weighted by Crippen LogP contribution is -2.17. The van der Waals surface area contributed by atoms with Crippen LogP contribution in [0.25, 0.3) is 0 Å². The first-order chi connectivity index (χ1) is 12.8. The second kappa shape index (κ2) is 7.41. The highest BCUT2D eigenvalue weighted by Crippen LogP contribution is 2.31. The molecule has 0 radical (unpaired) electrons. The molecule has 1 aliphatic carbocycles. The molecule has 1 aromatic heterocycles. The van der Waals surface area contributed by atoms with Gasteiger partial charge in [0, 0.05) is 23.7 Å². The Morgan fingerprint density at radius 3 is 2.19 bits per heavy atom. The molecule has 0 unspecified atom stereocenters. The average Bonchev–Trinajstić information content (AvgIpc) is 3.49. The van der Waals surface area contributed by atoms with Crippen LogP contribution in [-0.2, 0) is 6.42 Å². The van der Waals surface area contributed by atoms with E-state index in [1.165, 1.54) is 18.4 Å². The van der Waals surface area contributed by atoms with Gasteiger partial charge in [-0.2, -0.15) is 9.97 Å². The molecule has 1 heterocycles. The summed E-state index contributed by atoms with van der Waals surface area (Å²) < 4.78 is 0. The molecule has 0 aliphatic heterocycles. The Labute approximate surface area is 152 Å². The van der Waals surface area contributed by atoms with Gasteiger partial charge >= 0.3 is 0 Å². The van der Waals surface area contributed by atoms with Gasteiger partial charge in [0.15, 0.2) is 5.82 Å². The second-order valence-corrected chi connectivity index (χ2v) is 6.44. The molecule has 1 fully saturated rings. The van der Waals surface area contributed by atoms with E-state index in [1.807, 2.05) is 48.5 Å². The van der Waals surface area contributed by atoms with Crippen molar-refractivity contribution in [2.24, 2.45) is 5.84 Å². The van der Waals surface area contributed by atoms with Gasteiger partial charge in [-0.1, -0.05) is 48.5 Å². The van der Waals surface area contributed by atoms with Crippen LogP contribution in [0.2, 0.25) is 0 Å². The van der Waals surface area contributed by atoms with Gasteiger partial charge in [-0.15, -0.1) is 0 Å². The molecule has 2 aromatic carbocycles. The van der Waals surface area contributed by atoms with Crippen LogP contribution in [0.4, 0.5) is 23.3 Å². The molecule has 0 atom stereocenters. The Morgan fingerprint density at radius 1 is 0.885 bits per heavy atom. The largest absolute Gasteiger partial charge is 0.367 e. The number of hydrogen-bond donors (Lipinski definition) is 4. The SMILES string of the molecule is NNc1nc(Nc2ccccc2)nc(NC2CC2)c1Cc1ccccc1. The number of nitrogens with two attached hydrogens (primary N) is 1. The van der Waals surface area contributed by atoms with Crippen LogP contribution in [0, 0.1) is 0 Å². The van der Waals surface area contributed by atoms with Crippen LogP contribution in [0.3, 0.4) is 0 Å². The van der Waals surface area contributed by atoms with E-state index in [1.54, 1.807) is 0 Å². The quantitative estimate of drug-likeness (QED) is 0.386. The van der Waals surface area contributed by atoms with Gasteiger partial charge < -0.3 is 16.1 Å². The standard InChI is InChI=1S/C20H22N6/c21-26-19-17(13-14-7-3-1-4-8-14)18(22-16-11-12-16)24-20(25-19)23-15-9-5-2-6-10-15/h1-10,16H,11-13,21H2,(H3,22,23,24,25,26). The van der Waals surface area contributed by atoms with E-state index >= 15 is 0 Å². The third-order valence-electron chi connectivity index (χ3n) is 4.32. The minimum atomic E-state index is 0.481. The van der Waals surface area contributed by atoms with Crippen LogP contribution in [0.15, 0.2) is 60.7 Å². The van der Waals surface area contributed by atoms with Gasteiger partial charge in [0.1, 0.15) is 5.82 Å². The summed E-state index contributed by atoms with van der Waals surface area (Å²) in [6.07, 6.45) is 3.05. The van der Waals surface area contributed by atoms with Crippen molar-refractivity contribution in [3.8, 4) is 0 Å². The molecule has 0 spiro atoms. The summed E-state index contributed by atoms with van der Waals surface area (Å²) in [4.78, 5) is 9.30. The van der Waals surface area contributed by atoms with Crippen LogP contribution < -0.4 is 21.9 Å². The number of aromatic nitrogens is 2. The number of nitrogen functional groups attached to an aromatic ring is 1. The average molecular weight is 346 g/mol. The topological polar surface area (TPSA) is 87.9 Å². The molecule has 4 rings (SSSR count). The zero-order chi connectivity index (χ0) is 17.8. The summed E-state index contributed by atoms with van der Waals surface area (Å²) in [5, 5.41) is 6.76. The van der Waals surface area contributed by atoms with Crippen LogP contribution in [0.1, 0.15) is 24.0 Å². The van der Waals surface area contributed by atoms with Crippen molar-refractivity contribution in [2.75, 3.05) is 16.1 Å². The molecule has 0 bridgehead atoms. The molecule has 1 aliphatic rings. The van der Waals surface area contributed by atoms with E-state index in [9.17, 15) is 0 Å². The van der Waals surface area contributed by atoms with Crippen molar-refractivity contribution in [1.82, 2.24) is 9.97 Å². The van der Waals surface area contributed by atoms with Gasteiger partial charge in [0.2, 0.25) is 5.95 Å². The van der Waals surface area contributed by atoms with Crippen LogP contribution in [0.5, 0.6) is 0 Å². The molecule has 26 heavy (non-hydrogen) atoms. The van der Waals surface area contributed by atoms with Gasteiger partial charge in [0.05, 0.1) is 0 Å². The number of hydrazine groups is 1. The zero-order valence-electron chi connectivity index (χ0n) is 14.4. The van der Waals surface area contributed by atoms with E-state index in [0.717, 1.165) is 17.1 Å². The van der Waals surface area contributed by atoms with Crippen LogP contribution in [-0.4, -0.2) is 16.0 Å². The predicted octanol–water partition coefficient (Wildman–Crippen LogP) is 3.67. The number of anilines is 4. The monoisotopic (exact) mass is 346 g/mol. The lowest BCUT2D eigenvalue weighted by molar-refractivity contribution is 1.02. The molecule has 5 N–H and O–H groups in total. The van der Waals surface area contributed by atoms with Gasteiger partial charge in [0.25, 0.3) is 0 Å². The maximum atomic E-state index is 5.79. The maximum absolute atomic E-state index is 5.79. The van der Waals surface area contributed by atoms with Gasteiger partial charge in [-0.3, -0.25) is 0 Å². The molecular weight excluding hydrogens is 324 g/mol. The Kier molecular flexibility index (Phi) is 4.66. The fourth-order valence-electron chi connectivity index (χ4n) is 2.82. The van der Waals surface area contributed by atoms with Crippen molar-refractivity contribution >= 4 is 23.3 Å². The Morgan fingerprint density at radius 2 is 1.54 bits per heavy atom. The molecule has 1 saturated carbocycles. The highest BCUT2D eigenvalue weighted by Gasteiger charge is 2.24. The summed E-state index contributed by atoms with van der Waals surface area (Å²) in [5.74, 6) is 7.77. The third kappa shape index (κ3) is 3.92. The lowest BCUT2D eigenvalue weighted by atomic mass is 10.1. The van der Waals surface area contributed by atoms with E-state index in [4.69, 9.17) is 10.8 Å². The van der Waals surface area contributed by atoms with E-state index in [-0.39, 0.29) is 0 Å². The highest BCUT2D eigenvalue weighted by molar-refractivity contribution is 5.65. The van der Waals surface area contributed by atoms with Gasteiger partial charge in [-0.25, -0.2) is 5.84 Å². The lowest BCUT2D eigenvalue weighted by Gasteiger charge is -2.16. The summed E-state index contributed by atoms with van der Waals surface area (Å²) >= 11 is 0. The van der Waals surface area contributed by atoms with Crippen LogP contribution >= 0.6 is 0 Å². The molecule has 6 heteroatoms. The zero-order valence-corrected chi connectivity index (χ0v) is 14.4. The molecule has 132 valence electrons. The summed E-state index contributed by atoms with van der Waals surface area (Å²) in [5.41, 5.74) is 5.85. The summed E-state index contributed by atoms with van der Waals surface area (Å²) in [6, 6.07) is 20.6. The highest BCUT2D eigenvalue weighted by atomic mass is 15.3. The first-order valence-electron chi connectivity index (χ1n) is 8.82. The first kappa shape index (κ1) is 16.4. The minimum Gasteiger partial charge on any atom is -0.367 e. The number of nitrogens with one attached hydrogen (secondary N) is 3. The second-order valence-electron chi connectivity index (χ2n) is 6.44. The van der Waals surface area contributed by atoms with E-state index in [0.29, 0.717) is 24.2 Å². The molecule has 0 amide bonds. The smallest absolute Gasteiger partial charge is 0.231 e. The van der Waals surface area contributed by atoms with Crippen molar-refractivity contribution in [3.63, 3.8) is 0 Å². The maximum Gasteiger partial charge on any atom is 0.231 e. The number of hydrogen-bond acceptors (Lipinski definition) is 6. The Hall–Kier alpha value is -3.12. The van der Waals surface area contributed by atoms with Crippen molar-refractivity contribution in [1.29, 1.82) is 0 Å². The third-order valence-corrected chi connectivity index (χ3v) is 4.32. The van der Waals surface area contributed by atoms with Gasteiger partial charge in [-0.05, 0) is 30.5 Å². The summed E-state index contributed by atoms with van der Waals surface area (Å²) in [6.45, 7) is 0. The number of rotatable bonds is 7.